The molecule has 0 saturated heterocycles. The quantitative estimate of drug-likeness (QED) is 0.430. The summed E-state index contributed by atoms with van der Waals surface area (Å²) in [4.78, 5) is 4.83. The largest absolute Gasteiger partial charge is 0.340 e. The number of nitrogens with zero attached hydrogens (tertiary/aromatic N) is 4. The molecule has 0 bridgehead atoms. The molecule has 0 atom stereocenters. The van der Waals surface area contributed by atoms with Crippen LogP contribution in [-0.4, -0.2) is 28.2 Å². The van der Waals surface area contributed by atoms with Crippen molar-refractivity contribution in [2.45, 2.75) is 30.7 Å². The van der Waals surface area contributed by atoms with E-state index in [2.05, 4.69) is 20.6 Å². The molecule has 8 heteroatoms. The molecule has 3 aromatic carbocycles. The van der Waals surface area contributed by atoms with Crippen LogP contribution in [0.2, 0.25) is 0 Å². The summed E-state index contributed by atoms with van der Waals surface area (Å²) in [6.07, 6.45) is 0. The zero-order valence-electron chi connectivity index (χ0n) is 17.9. The van der Waals surface area contributed by atoms with Gasteiger partial charge in [-0.2, -0.15) is 4.52 Å². The maximum atomic E-state index is 13.4. The van der Waals surface area contributed by atoms with Gasteiger partial charge in [-0.1, -0.05) is 41.1 Å². The normalized spacial score (nSPS) is 11.8. The topological polar surface area (TPSA) is 89.2 Å². The van der Waals surface area contributed by atoms with Crippen LogP contribution in [0.3, 0.4) is 0 Å². The molecular formula is C24H21N5O2S. The van der Waals surface area contributed by atoms with Crippen LogP contribution < -0.4 is 5.32 Å². The average Bonchev–Trinajstić information content (AvgIpc) is 3.22. The Labute approximate surface area is 185 Å². The van der Waals surface area contributed by atoms with Crippen molar-refractivity contribution in [2.24, 2.45) is 0 Å². The molecule has 32 heavy (non-hydrogen) atoms. The Bertz CT molecular complexity index is 1590. The molecule has 5 aromatic rings. The minimum atomic E-state index is -3.91. The lowest BCUT2D eigenvalue weighted by atomic mass is 10.1. The van der Waals surface area contributed by atoms with Gasteiger partial charge in [0.2, 0.25) is 14.9 Å². The standard InChI is InChI=1S/C24H21N5O2S/c1-15-8-11-18(12-9-15)25-22-20-6-4-5-7-21(20)29-23(26-22)24(27-28-29)32(30,31)19-13-10-16(2)17(3)14-19/h4-14H,1-3H3,(H,25,26). The van der Waals surface area contributed by atoms with Gasteiger partial charge in [-0.3, -0.25) is 0 Å². The summed E-state index contributed by atoms with van der Waals surface area (Å²) in [5.41, 5.74) is 4.79. The van der Waals surface area contributed by atoms with Crippen molar-refractivity contribution < 1.29 is 8.42 Å². The highest BCUT2D eigenvalue weighted by Crippen LogP contribution is 2.30. The Morgan fingerprint density at radius 1 is 0.875 bits per heavy atom. The number of hydrogen-bond donors (Lipinski definition) is 1. The van der Waals surface area contributed by atoms with Crippen molar-refractivity contribution in [2.75, 3.05) is 5.32 Å². The number of para-hydroxylation sites is 1. The molecule has 0 aliphatic carbocycles. The maximum Gasteiger partial charge on any atom is 0.229 e. The van der Waals surface area contributed by atoms with Gasteiger partial charge in [-0.05, 0) is 68.3 Å². The van der Waals surface area contributed by atoms with Crippen LogP contribution in [0.25, 0.3) is 16.6 Å². The van der Waals surface area contributed by atoms with Gasteiger partial charge in [-0.25, -0.2) is 13.4 Å². The Balaban J connectivity index is 1.73. The van der Waals surface area contributed by atoms with Crippen molar-refractivity contribution >= 4 is 37.9 Å². The highest BCUT2D eigenvalue weighted by molar-refractivity contribution is 7.91. The summed E-state index contributed by atoms with van der Waals surface area (Å²) in [6.45, 7) is 5.84. The predicted octanol–water partition coefficient (Wildman–Crippen LogP) is 4.78. The molecule has 0 radical (unpaired) electrons. The Kier molecular flexibility index (Phi) is 4.67. The summed E-state index contributed by atoms with van der Waals surface area (Å²) >= 11 is 0. The molecule has 2 heterocycles. The van der Waals surface area contributed by atoms with Crippen LogP contribution in [0.4, 0.5) is 11.5 Å². The molecule has 0 amide bonds. The highest BCUT2D eigenvalue weighted by Gasteiger charge is 2.27. The number of aromatic nitrogens is 4. The fraction of sp³-hybridized carbons (Fsp3) is 0.125. The monoisotopic (exact) mass is 443 g/mol. The van der Waals surface area contributed by atoms with Crippen molar-refractivity contribution in [1.29, 1.82) is 0 Å². The second-order valence-corrected chi connectivity index (χ2v) is 9.71. The van der Waals surface area contributed by atoms with Crippen LogP contribution >= 0.6 is 0 Å². The summed E-state index contributed by atoms with van der Waals surface area (Å²) < 4.78 is 28.4. The smallest absolute Gasteiger partial charge is 0.229 e. The minimum Gasteiger partial charge on any atom is -0.340 e. The van der Waals surface area contributed by atoms with Crippen LogP contribution in [-0.2, 0) is 9.84 Å². The molecule has 5 rings (SSSR count). The number of anilines is 2. The lowest BCUT2D eigenvalue weighted by Gasteiger charge is -2.11. The minimum absolute atomic E-state index is 0.168. The molecular weight excluding hydrogens is 422 g/mol. The van der Waals surface area contributed by atoms with Crippen LogP contribution in [0.1, 0.15) is 16.7 Å². The number of rotatable bonds is 4. The number of sulfone groups is 1. The van der Waals surface area contributed by atoms with E-state index in [4.69, 9.17) is 0 Å². The fourth-order valence-electron chi connectivity index (χ4n) is 3.58. The SMILES string of the molecule is Cc1ccc(Nc2nc3c(S(=O)(=O)c4ccc(C)c(C)c4)nnn3c3ccccc23)cc1. The Morgan fingerprint density at radius 3 is 2.38 bits per heavy atom. The van der Waals surface area contributed by atoms with E-state index in [0.717, 1.165) is 27.8 Å². The summed E-state index contributed by atoms with van der Waals surface area (Å²) in [7, 11) is -3.91. The number of fused-ring (bicyclic) bond motifs is 3. The summed E-state index contributed by atoms with van der Waals surface area (Å²) in [6, 6.07) is 20.5. The van der Waals surface area contributed by atoms with Crippen molar-refractivity contribution in [3.63, 3.8) is 0 Å². The van der Waals surface area contributed by atoms with E-state index in [1.54, 1.807) is 18.2 Å². The van der Waals surface area contributed by atoms with Crippen molar-refractivity contribution in [1.82, 2.24) is 19.8 Å². The molecule has 7 nitrogen and oxygen atoms in total. The Hall–Kier alpha value is -3.78. The first-order valence-corrected chi connectivity index (χ1v) is 11.6. The van der Waals surface area contributed by atoms with Gasteiger partial charge < -0.3 is 5.32 Å². The van der Waals surface area contributed by atoms with Crippen molar-refractivity contribution in [3.05, 3.63) is 83.4 Å². The fourth-order valence-corrected chi connectivity index (χ4v) is 4.90. The molecule has 0 saturated carbocycles. The Morgan fingerprint density at radius 2 is 1.62 bits per heavy atom. The maximum absolute atomic E-state index is 13.4. The van der Waals surface area contributed by atoms with Gasteiger partial charge in [0.25, 0.3) is 0 Å². The van der Waals surface area contributed by atoms with Crippen LogP contribution in [0, 0.1) is 20.8 Å². The predicted molar refractivity (Wildman–Crippen MR) is 124 cm³/mol. The zero-order chi connectivity index (χ0) is 22.5. The van der Waals surface area contributed by atoms with Gasteiger partial charge in [0.1, 0.15) is 5.82 Å². The molecule has 0 spiro atoms. The molecule has 0 unspecified atom stereocenters. The number of hydrogen-bond acceptors (Lipinski definition) is 6. The van der Waals surface area contributed by atoms with E-state index in [9.17, 15) is 8.42 Å². The van der Waals surface area contributed by atoms with E-state index < -0.39 is 9.84 Å². The van der Waals surface area contributed by atoms with E-state index in [1.807, 2.05) is 69.3 Å². The second-order valence-electron chi connectivity index (χ2n) is 7.85. The van der Waals surface area contributed by atoms with Crippen LogP contribution in [0.15, 0.2) is 76.7 Å². The summed E-state index contributed by atoms with van der Waals surface area (Å²) in [5.74, 6) is 0.538. The first-order chi connectivity index (χ1) is 15.3. The van der Waals surface area contributed by atoms with E-state index in [1.165, 1.54) is 4.52 Å². The molecule has 2 aromatic heterocycles. The molecule has 0 aliphatic heterocycles. The van der Waals surface area contributed by atoms with E-state index >= 15 is 0 Å². The van der Waals surface area contributed by atoms with Gasteiger partial charge >= 0.3 is 0 Å². The summed E-state index contributed by atoms with van der Waals surface area (Å²) in [5, 5.41) is 12.1. The molecule has 0 aliphatic rings. The lowest BCUT2D eigenvalue weighted by Crippen LogP contribution is -2.06. The lowest BCUT2D eigenvalue weighted by molar-refractivity contribution is 0.592. The third kappa shape index (κ3) is 3.29. The number of nitrogens with one attached hydrogen (secondary N) is 1. The van der Waals surface area contributed by atoms with E-state index in [0.29, 0.717) is 11.3 Å². The average molecular weight is 444 g/mol. The van der Waals surface area contributed by atoms with Gasteiger partial charge in [0, 0.05) is 11.1 Å². The first kappa shape index (κ1) is 20.1. The van der Waals surface area contributed by atoms with Gasteiger partial charge in [0.05, 0.1) is 10.4 Å². The highest BCUT2D eigenvalue weighted by atomic mass is 32.2. The third-order valence-corrected chi connectivity index (χ3v) is 7.23. The zero-order valence-corrected chi connectivity index (χ0v) is 18.7. The molecule has 160 valence electrons. The second kappa shape index (κ2) is 7.42. The van der Waals surface area contributed by atoms with Crippen molar-refractivity contribution in [3.8, 4) is 0 Å². The van der Waals surface area contributed by atoms with Gasteiger partial charge in [-0.15, -0.1) is 5.10 Å². The number of benzene rings is 3. The van der Waals surface area contributed by atoms with E-state index in [-0.39, 0.29) is 15.6 Å². The first-order valence-electron chi connectivity index (χ1n) is 10.1. The molecule has 1 N–H and O–H groups in total. The van der Waals surface area contributed by atoms with Gasteiger partial charge in [0.15, 0.2) is 5.65 Å². The molecule has 0 fully saturated rings. The number of aryl methyl sites for hydroxylation is 3. The third-order valence-electron chi connectivity index (χ3n) is 5.58. The van der Waals surface area contributed by atoms with Crippen LogP contribution in [0.5, 0.6) is 0 Å².